The van der Waals surface area contributed by atoms with Gasteiger partial charge in [0.15, 0.2) is 0 Å². The fourth-order valence-electron chi connectivity index (χ4n) is 2.44. The van der Waals surface area contributed by atoms with Crippen molar-refractivity contribution in [3.05, 3.63) is 35.2 Å². The summed E-state index contributed by atoms with van der Waals surface area (Å²) >= 11 is 6.15. The fourth-order valence-corrected chi connectivity index (χ4v) is 2.66. The van der Waals surface area contributed by atoms with Crippen LogP contribution in [0.4, 0.5) is 0 Å². The van der Waals surface area contributed by atoms with Crippen molar-refractivity contribution in [3.8, 4) is 11.4 Å². The van der Waals surface area contributed by atoms with Crippen LogP contribution in [0, 0.1) is 0 Å². The maximum absolute atomic E-state index is 6.15. The van der Waals surface area contributed by atoms with Gasteiger partial charge in [0.05, 0.1) is 10.6 Å². The second kappa shape index (κ2) is 6.12. The van der Waals surface area contributed by atoms with Gasteiger partial charge < -0.3 is 9.84 Å². The molecule has 0 saturated carbocycles. The summed E-state index contributed by atoms with van der Waals surface area (Å²) in [5, 5.41) is 8.15. The van der Waals surface area contributed by atoms with Crippen LogP contribution in [0.3, 0.4) is 0 Å². The molecular formula is C14H17Cl2N3O. The molecule has 1 unspecified atom stereocenters. The zero-order chi connectivity index (χ0) is 13.3. The van der Waals surface area contributed by atoms with Gasteiger partial charge in [0, 0.05) is 5.56 Å². The molecule has 1 saturated heterocycles. The number of hydrogen-bond donors (Lipinski definition) is 1. The van der Waals surface area contributed by atoms with E-state index in [0.29, 0.717) is 16.7 Å². The first-order valence-corrected chi connectivity index (χ1v) is 6.91. The summed E-state index contributed by atoms with van der Waals surface area (Å²) in [6.07, 6.45) is 3.38. The van der Waals surface area contributed by atoms with E-state index in [0.717, 1.165) is 18.5 Å². The first kappa shape index (κ1) is 15.3. The summed E-state index contributed by atoms with van der Waals surface area (Å²) in [7, 11) is 0. The number of rotatable bonds is 2. The molecule has 1 aromatic heterocycles. The molecule has 0 aliphatic carbocycles. The molecule has 1 aromatic carbocycles. The molecule has 1 atom stereocenters. The van der Waals surface area contributed by atoms with Crippen LogP contribution in [0.5, 0.6) is 0 Å². The quantitative estimate of drug-likeness (QED) is 0.916. The van der Waals surface area contributed by atoms with Gasteiger partial charge in [-0.15, -0.1) is 12.4 Å². The molecule has 20 heavy (non-hydrogen) atoms. The van der Waals surface area contributed by atoms with Crippen LogP contribution in [-0.4, -0.2) is 16.7 Å². The molecular weight excluding hydrogens is 297 g/mol. The topological polar surface area (TPSA) is 51.0 Å². The third-order valence-corrected chi connectivity index (χ3v) is 3.96. The summed E-state index contributed by atoms with van der Waals surface area (Å²) in [5.74, 6) is 1.19. The van der Waals surface area contributed by atoms with E-state index in [1.807, 2.05) is 24.3 Å². The zero-order valence-corrected chi connectivity index (χ0v) is 12.8. The van der Waals surface area contributed by atoms with Crippen molar-refractivity contribution in [1.29, 1.82) is 0 Å². The lowest BCUT2D eigenvalue weighted by molar-refractivity contribution is 0.207. The molecule has 108 valence electrons. The summed E-state index contributed by atoms with van der Waals surface area (Å²) < 4.78 is 5.43. The Hall–Kier alpha value is -1.10. The van der Waals surface area contributed by atoms with E-state index in [4.69, 9.17) is 16.1 Å². The Morgan fingerprint density at radius 1 is 1.30 bits per heavy atom. The third kappa shape index (κ3) is 2.82. The Labute approximate surface area is 129 Å². The zero-order valence-electron chi connectivity index (χ0n) is 11.2. The Balaban J connectivity index is 0.00000147. The summed E-state index contributed by atoms with van der Waals surface area (Å²) in [4.78, 5) is 4.51. The lowest BCUT2D eigenvalue weighted by atomic mass is 9.91. The van der Waals surface area contributed by atoms with Gasteiger partial charge >= 0.3 is 0 Å². The number of aromatic nitrogens is 2. The molecule has 1 N–H and O–H groups in total. The van der Waals surface area contributed by atoms with Gasteiger partial charge in [-0.2, -0.15) is 4.98 Å². The van der Waals surface area contributed by atoms with Crippen molar-refractivity contribution in [2.24, 2.45) is 0 Å². The SMILES string of the molecule is CC1(c2nc(-c3ccccc3Cl)no2)CCCCN1.Cl. The van der Waals surface area contributed by atoms with Crippen LogP contribution in [0.1, 0.15) is 32.1 Å². The third-order valence-electron chi connectivity index (χ3n) is 3.63. The predicted octanol–water partition coefficient (Wildman–Crippen LogP) is 3.80. The number of benzene rings is 1. The van der Waals surface area contributed by atoms with Crippen LogP contribution >= 0.6 is 24.0 Å². The average Bonchev–Trinajstić information content (AvgIpc) is 2.90. The Kier molecular flexibility index (Phi) is 4.68. The van der Waals surface area contributed by atoms with E-state index in [1.165, 1.54) is 12.8 Å². The molecule has 1 aliphatic heterocycles. The summed E-state index contributed by atoms with van der Waals surface area (Å²) in [6.45, 7) is 3.09. The molecule has 2 heterocycles. The minimum atomic E-state index is -0.218. The van der Waals surface area contributed by atoms with E-state index in [-0.39, 0.29) is 17.9 Å². The highest BCUT2D eigenvalue weighted by Gasteiger charge is 2.34. The predicted molar refractivity (Wildman–Crippen MR) is 81.2 cm³/mol. The average molecular weight is 314 g/mol. The second-order valence-corrected chi connectivity index (χ2v) is 5.53. The highest BCUT2D eigenvalue weighted by atomic mass is 35.5. The Morgan fingerprint density at radius 2 is 2.10 bits per heavy atom. The maximum atomic E-state index is 6.15. The van der Waals surface area contributed by atoms with E-state index < -0.39 is 0 Å². The van der Waals surface area contributed by atoms with Gasteiger partial charge in [0.25, 0.3) is 0 Å². The van der Waals surface area contributed by atoms with Gasteiger partial charge in [-0.25, -0.2) is 0 Å². The molecule has 1 aliphatic rings. The highest BCUT2D eigenvalue weighted by Crippen LogP contribution is 2.31. The van der Waals surface area contributed by atoms with Crippen LogP contribution in [0.15, 0.2) is 28.8 Å². The lowest BCUT2D eigenvalue weighted by Crippen LogP contribution is -2.43. The number of nitrogens with zero attached hydrogens (tertiary/aromatic N) is 2. The van der Waals surface area contributed by atoms with Gasteiger partial charge in [-0.05, 0) is 44.9 Å². The van der Waals surface area contributed by atoms with Crippen molar-refractivity contribution < 1.29 is 4.52 Å². The van der Waals surface area contributed by atoms with Gasteiger partial charge in [-0.3, -0.25) is 0 Å². The molecule has 0 bridgehead atoms. The van der Waals surface area contributed by atoms with Crippen LogP contribution < -0.4 is 5.32 Å². The monoisotopic (exact) mass is 313 g/mol. The second-order valence-electron chi connectivity index (χ2n) is 5.12. The van der Waals surface area contributed by atoms with Crippen molar-refractivity contribution in [2.75, 3.05) is 6.54 Å². The molecule has 1 fully saturated rings. The molecule has 0 spiro atoms. The largest absolute Gasteiger partial charge is 0.337 e. The Morgan fingerprint density at radius 3 is 2.80 bits per heavy atom. The molecule has 0 amide bonds. The lowest BCUT2D eigenvalue weighted by Gasteiger charge is -2.31. The first-order valence-electron chi connectivity index (χ1n) is 6.53. The number of nitrogens with one attached hydrogen (secondary N) is 1. The molecule has 6 heteroatoms. The molecule has 3 rings (SSSR count). The smallest absolute Gasteiger partial charge is 0.246 e. The Bertz CT molecular complexity index is 579. The molecule has 2 aromatic rings. The number of piperidine rings is 1. The van der Waals surface area contributed by atoms with E-state index in [1.54, 1.807) is 0 Å². The van der Waals surface area contributed by atoms with E-state index >= 15 is 0 Å². The minimum absolute atomic E-state index is 0. The molecule has 0 radical (unpaired) electrons. The van der Waals surface area contributed by atoms with Gasteiger partial charge in [0.2, 0.25) is 11.7 Å². The van der Waals surface area contributed by atoms with E-state index in [9.17, 15) is 0 Å². The highest BCUT2D eigenvalue weighted by molar-refractivity contribution is 6.33. The number of hydrogen-bond acceptors (Lipinski definition) is 4. The standard InChI is InChI=1S/C14H16ClN3O.ClH/c1-14(8-4-5-9-16-14)13-17-12(18-19-13)10-6-2-3-7-11(10)15;/h2-3,6-7,16H,4-5,8-9H2,1H3;1H. The maximum Gasteiger partial charge on any atom is 0.246 e. The molecule has 4 nitrogen and oxygen atoms in total. The van der Waals surface area contributed by atoms with Crippen molar-refractivity contribution in [3.63, 3.8) is 0 Å². The van der Waals surface area contributed by atoms with Crippen LogP contribution in [0.25, 0.3) is 11.4 Å². The normalized spacial score (nSPS) is 22.3. The summed E-state index contributed by atoms with van der Waals surface area (Å²) in [5.41, 5.74) is 0.587. The van der Waals surface area contributed by atoms with Crippen molar-refractivity contribution in [1.82, 2.24) is 15.5 Å². The van der Waals surface area contributed by atoms with Crippen LogP contribution in [-0.2, 0) is 5.54 Å². The number of halogens is 2. The first-order chi connectivity index (χ1) is 9.19. The minimum Gasteiger partial charge on any atom is -0.337 e. The van der Waals surface area contributed by atoms with Crippen molar-refractivity contribution >= 4 is 24.0 Å². The van der Waals surface area contributed by atoms with Gasteiger partial charge in [0.1, 0.15) is 0 Å². The fraction of sp³-hybridized carbons (Fsp3) is 0.429. The summed E-state index contributed by atoms with van der Waals surface area (Å²) in [6, 6.07) is 7.52. The van der Waals surface area contributed by atoms with Crippen molar-refractivity contribution in [2.45, 2.75) is 31.7 Å². The van der Waals surface area contributed by atoms with Crippen LogP contribution in [0.2, 0.25) is 5.02 Å². The van der Waals surface area contributed by atoms with Gasteiger partial charge in [-0.1, -0.05) is 28.9 Å². The van der Waals surface area contributed by atoms with E-state index in [2.05, 4.69) is 22.4 Å².